The van der Waals surface area contributed by atoms with Crippen molar-refractivity contribution in [2.24, 2.45) is 5.92 Å². The summed E-state index contributed by atoms with van der Waals surface area (Å²) in [4.78, 5) is 16.2. The van der Waals surface area contributed by atoms with Gasteiger partial charge in [0.05, 0.1) is 11.9 Å². The molecule has 1 aliphatic carbocycles. The molecule has 1 amide bonds. The lowest BCUT2D eigenvalue weighted by atomic mass is 10.1. The van der Waals surface area contributed by atoms with E-state index in [4.69, 9.17) is 0 Å². The number of carbonyl (C=O) groups is 1. The van der Waals surface area contributed by atoms with Crippen molar-refractivity contribution in [1.82, 2.24) is 10.3 Å². The van der Waals surface area contributed by atoms with Crippen molar-refractivity contribution in [2.75, 3.05) is 11.9 Å². The lowest BCUT2D eigenvalue weighted by Gasteiger charge is -2.12. The predicted octanol–water partition coefficient (Wildman–Crippen LogP) is 2.43. The fourth-order valence-electron chi connectivity index (χ4n) is 2.43. The van der Waals surface area contributed by atoms with Crippen LogP contribution >= 0.6 is 0 Å². The quantitative estimate of drug-likeness (QED) is 0.859. The van der Waals surface area contributed by atoms with Crippen LogP contribution in [0.5, 0.6) is 0 Å². The molecule has 0 spiro atoms. The van der Waals surface area contributed by atoms with E-state index in [0.717, 1.165) is 31.0 Å². The SMILES string of the molecule is CCNc1ccc(C(=O)NC2CCC(C)C2)nc1. The maximum Gasteiger partial charge on any atom is 0.270 e. The zero-order chi connectivity index (χ0) is 13.0. The number of rotatable bonds is 4. The van der Waals surface area contributed by atoms with E-state index in [-0.39, 0.29) is 5.91 Å². The molecule has 1 aromatic rings. The molecule has 2 atom stereocenters. The number of pyridine rings is 1. The molecule has 2 unspecified atom stereocenters. The number of nitrogens with zero attached hydrogens (tertiary/aromatic N) is 1. The Morgan fingerprint density at radius 3 is 2.83 bits per heavy atom. The monoisotopic (exact) mass is 247 g/mol. The first-order valence-electron chi connectivity index (χ1n) is 6.69. The van der Waals surface area contributed by atoms with E-state index in [1.807, 2.05) is 13.0 Å². The maximum atomic E-state index is 12.0. The van der Waals surface area contributed by atoms with E-state index in [1.165, 1.54) is 6.42 Å². The van der Waals surface area contributed by atoms with Crippen LogP contribution in [0, 0.1) is 5.92 Å². The third-order valence-electron chi connectivity index (χ3n) is 3.41. The standard InChI is InChI=1S/C14H21N3O/c1-3-15-12-6-7-13(16-9-12)14(18)17-11-5-4-10(2)8-11/h6-7,9-11,15H,3-5,8H2,1-2H3,(H,17,18). The Morgan fingerprint density at radius 1 is 1.44 bits per heavy atom. The second-order valence-electron chi connectivity index (χ2n) is 5.05. The van der Waals surface area contributed by atoms with E-state index >= 15 is 0 Å². The molecule has 0 aliphatic heterocycles. The normalized spacial score (nSPS) is 22.8. The van der Waals surface area contributed by atoms with Crippen molar-refractivity contribution >= 4 is 11.6 Å². The van der Waals surface area contributed by atoms with Gasteiger partial charge in [-0.05, 0) is 44.2 Å². The van der Waals surface area contributed by atoms with Gasteiger partial charge >= 0.3 is 0 Å². The number of aromatic nitrogens is 1. The van der Waals surface area contributed by atoms with Crippen LogP contribution in [0.2, 0.25) is 0 Å². The minimum Gasteiger partial charge on any atom is -0.384 e. The molecule has 18 heavy (non-hydrogen) atoms. The molecule has 1 fully saturated rings. The zero-order valence-corrected chi connectivity index (χ0v) is 11.1. The molecule has 1 saturated carbocycles. The van der Waals surface area contributed by atoms with Crippen molar-refractivity contribution in [3.8, 4) is 0 Å². The molecular formula is C14H21N3O. The Balaban J connectivity index is 1.92. The highest BCUT2D eigenvalue weighted by atomic mass is 16.1. The summed E-state index contributed by atoms with van der Waals surface area (Å²) in [6, 6.07) is 3.98. The Hall–Kier alpha value is -1.58. The average Bonchev–Trinajstić information content (AvgIpc) is 2.76. The van der Waals surface area contributed by atoms with Crippen molar-refractivity contribution in [3.63, 3.8) is 0 Å². The van der Waals surface area contributed by atoms with Crippen LogP contribution < -0.4 is 10.6 Å². The van der Waals surface area contributed by atoms with E-state index in [1.54, 1.807) is 12.3 Å². The molecular weight excluding hydrogens is 226 g/mol. The van der Waals surface area contributed by atoms with Gasteiger partial charge in [-0.15, -0.1) is 0 Å². The van der Waals surface area contributed by atoms with Crippen LogP contribution in [0.3, 0.4) is 0 Å². The summed E-state index contributed by atoms with van der Waals surface area (Å²) < 4.78 is 0. The third-order valence-corrected chi connectivity index (χ3v) is 3.41. The van der Waals surface area contributed by atoms with Gasteiger partial charge in [-0.1, -0.05) is 6.92 Å². The Kier molecular flexibility index (Phi) is 4.18. The second-order valence-corrected chi connectivity index (χ2v) is 5.05. The summed E-state index contributed by atoms with van der Waals surface area (Å²) in [6.45, 7) is 5.12. The van der Waals surface area contributed by atoms with Crippen molar-refractivity contribution in [3.05, 3.63) is 24.0 Å². The molecule has 4 heteroatoms. The van der Waals surface area contributed by atoms with Crippen LogP contribution in [0.1, 0.15) is 43.6 Å². The molecule has 0 saturated heterocycles. The van der Waals surface area contributed by atoms with Gasteiger partial charge in [-0.2, -0.15) is 0 Å². The summed E-state index contributed by atoms with van der Waals surface area (Å²) in [5.41, 5.74) is 1.44. The molecule has 0 bridgehead atoms. The average molecular weight is 247 g/mol. The third kappa shape index (κ3) is 3.22. The fourth-order valence-corrected chi connectivity index (χ4v) is 2.43. The van der Waals surface area contributed by atoms with Gasteiger partial charge in [0.15, 0.2) is 0 Å². The number of anilines is 1. The molecule has 2 N–H and O–H groups in total. The summed E-state index contributed by atoms with van der Waals surface area (Å²) >= 11 is 0. The molecule has 0 radical (unpaired) electrons. The van der Waals surface area contributed by atoms with Gasteiger partial charge in [-0.25, -0.2) is 4.98 Å². The van der Waals surface area contributed by atoms with Gasteiger partial charge in [0.25, 0.3) is 5.91 Å². The minimum atomic E-state index is -0.0582. The highest BCUT2D eigenvalue weighted by Gasteiger charge is 2.23. The van der Waals surface area contributed by atoms with Crippen LogP contribution in [0.4, 0.5) is 5.69 Å². The lowest BCUT2D eigenvalue weighted by molar-refractivity contribution is 0.0932. The van der Waals surface area contributed by atoms with Gasteiger partial charge in [0.1, 0.15) is 5.69 Å². The van der Waals surface area contributed by atoms with Crippen LogP contribution in [-0.2, 0) is 0 Å². The number of hydrogen-bond acceptors (Lipinski definition) is 3. The first kappa shape index (κ1) is 12.9. The smallest absolute Gasteiger partial charge is 0.270 e. The highest BCUT2D eigenvalue weighted by molar-refractivity contribution is 5.92. The number of carbonyl (C=O) groups excluding carboxylic acids is 1. The maximum absolute atomic E-state index is 12.0. The predicted molar refractivity (Wildman–Crippen MR) is 72.7 cm³/mol. The van der Waals surface area contributed by atoms with Gasteiger partial charge in [-0.3, -0.25) is 4.79 Å². The second kappa shape index (κ2) is 5.85. The Morgan fingerprint density at radius 2 is 2.28 bits per heavy atom. The van der Waals surface area contributed by atoms with E-state index in [9.17, 15) is 4.79 Å². The van der Waals surface area contributed by atoms with Gasteiger partial charge in [0, 0.05) is 12.6 Å². The van der Waals surface area contributed by atoms with Gasteiger partial charge in [0.2, 0.25) is 0 Å². The summed E-state index contributed by atoms with van der Waals surface area (Å²) in [5, 5.41) is 6.21. The van der Waals surface area contributed by atoms with Crippen LogP contribution in [0.25, 0.3) is 0 Å². The summed E-state index contributed by atoms with van der Waals surface area (Å²) in [5.74, 6) is 0.663. The van der Waals surface area contributed by atoms with Crippen LogP contribution in [-0.4, -0.2) is 23.5 Å². The largest absolute Gasteiger partial charge is 0.384 e. The van der Waals surface area contributed by atoms with Gasteiger partial charge < -0.3 is 10.6 Å². The first-order valence-corrected chi connectivity index (χ1v) is 6.69. The first-order chi connectivity index (χ1) is 8.69. The van der Waals surface area contributed by atoms with Crippen molar-refractivity contribution in [2.45, 2.75) is 39.2 Å². The minimum absolute atomic E-state index is 0.0582. The molecule has 98 valence electrons. The molecule has 2 rings (SSSR count). The number of nitrogens with one attached hydrogen (secondary N) is 2. The van der Waals surface area contributed by atoms with E-state index < -0.39 is 0 Å². The number of amides is 1. The summed E-state index contributed by atoms with van der Waals surface area (Å²) in [7, 11) is 0. The molecule has 1 aliphatic rings. The van der Waals surface area contributed by atoms with Crippen LogP contribution in [0.15, 0.2) is 18.3 Å². The molecule has 4 nitrogen and oxygen atoms in total. The topological polar surface area (TPSA) is 54.0 Å². The van der Waals surface area contributed by atoms with E-state index in [2.05, 4.69) is 22.5 Å². The Bertz CT molecular complexity index is 402. The molecule has 1 heterocycles. The Labute approximate surface area is 108 Å². The van der Waals surface area contributed by atoms with Crippen molar-refractivity contribution in [1.29, 1.82) is 0 Å². The summed E-state index contributed by atoms with van der Waals surface area (Å²) in [6.07, 6.45) is 5.08. The lowest BCUT2D eigenvalue weighted by Crippen LogP contribution is -2.33. The van der Waals surface area contributed by atoms with E-state index in [0.29, 0.717) is 11.7 Å². The van der Waals surface area contributed by atoms with Crippen molar-refractivity contribution < 1.29 is 4.79 Å². The fraction of sp³-hybridized carbons (Fsp3) is 0.571. The molecule has 0 aromatic carbocycles. The highest BCUT2D eigenvalue weighted by Crippen LogP contribution is 2.24. The molecule has 1 aromatic heterocycles. The zero-order valence-electron chi connectivity index (χ0n) is 11.1. The number of hydrogen-bond donors (Lipinski definition) is 2.